The first kappa shape index (κ1) is 13.2. The molecule has 0 saturated heterocycles. The zero-order valence-corrected chi connectivity index (χ0v) is 12.4. The molecule has 20 heavy (non-hydrogen) atoms. The van der Waals surface area contributed by atoms with Gasteiger partial charge in [0.15, 0.2) is 0 Å². The lowest BCUT2D eigenvalue weighted by atomic mass is 10.1. The van der Waals surface area contributed by atoms with E-state index in [1.807, 2.05) is 0 Å². The topological polar surface area (TPSA) is 43.8 Å². The number of hydrogen-bond donors (Lipinski definition) is 1. The predicted octanol–water partition coefficient (Wildman–Crippen LogP) is 4.12. The van der Waals surface area contributed by atoms with Crippen molar-refractivity contribution in [2.45, 2.75) is 52.0 Å². The Bertz CT molecular complexity index is 591. The first-order valence-electron chi connectivity index (χ1n) is 7.63. The lowest BCUT2D eigenvalue weighted by Crippen LogP contribution is -2.06. The van der Waals surface area contributed by atoms with E-state index >= 15 is 0 Å². The minimum absolute atomic E-state index is 0.633. The highest BCUT2D eigenvalue weighted by Gasteiger charge is 2.30. The van der Waals surface area contributed by atoms with E-state index in [1.165, 1.54) is 30.7 Å². The molecule has 1 fully saturated rings. The van der Waals surface area contributed by atoms with E-state index in [2.05, 4.69) is 42.7 Å². The van der Waals surface area contributed by atoms with E-state index in [0.29, 0.717) is 5.92 Å². The van der Waals surface area contributed by atoms with Gasteiger partial charge in [0.25, 0.3) is 0 Å². The number of aromatic nitrogens is 2. The molecular formula is C17H23N3. The van der Waals surface area contributed by atoms with Crippen LogP contribution in [-0.2, 0) is 6.54 Å². The molecule has 3 heteroatoms. The molecule has 1 aliphatic rings. The molecule has 1 aliphatic carbocycles. The van der Waals surface area contributed by atoms with E-state index in [1.54, 1.807) is 0 Å². The van der Waals surface area contributed by atoms with Gasteiger partial charge < -0.3 is 10.3 Å². The van der Waals surface area contributed by atoms with Gasteiger partial charge in [-0.3, -0.25) is 0 Å². The van der Waals surface area contributed by atoms with Gasteiger partial charge in [0.05, 0.1) is 0 Å². The van der Waals surface area contributed by atoms with E-state index in [-0.39, 0.29) is 0 Å². The van der Waals surface area contributed by atoms with Crippen molar-refractivity contribution in [3.8, 4) is 11.3 Å². The first-order chi connectivity index (χ1) is 9.70. The van der Waals surface area contributed by atoms with Crippen molar-refractivity contribution in [1.82, 2.24) is 9.55 Å². The van der Waals surface area contributed by atoms with Gasteiger partial charge >= 0.3 is 0 Å². The Labute approximate surface area is 120 Å². The van der Waals surface area contributed by atoms with E-state index in [9.17, 15) is 0 Å². The summed E-state index contributed by atoms with van der Waals surface area (Å²) < 4.78 is 2.25. The van der Waals surface area contributed by atoms with Crippen LogP contribution >= 0.6 is 0 Å². The number of nitrogens with zero attached hydrogens (tertiary/aromatic N) is 2. The summed E-state index contributed by atoms with van der Waals surface area (Å²) in [4.78, 5) is 4.86. The van der Waals surface area contributed by atoms with E-state index in [4.69, 9.17) is 10.7 Å². The Morgan fingerprint density at radius 2 is 1.95 bits per heavy atom. The predicted molar refractivity (Wildman–Crippen MR) is 83.7 cm³/mol. The third kappa shape index (κ3) is 2.45. The highest BCUT2D eigenvalue weighted by atomic mass is 15.1. The van der Waals surface area contributed by atoms with Crippen LogP contribution in [0.5, 0.6) is 0 Å². The highest BCUT2D eigenvalue weighted by Crippen LogP contribution is 2.42. The zero-order chi connectivity index (χ0) is 14.1. The molecule has 106 valence electrons. The van der Waals surface area contributed by atoms with Gasteiger partial charge in [-0.05, 0) is 26.2 Å². The number of nitrogens with two attached hydrogens (primary N) is 1. The van der Waals surface area contributed by atoms with Gasteiger partial charge in [0.1, 0.15) is 17.3 Å². The number of nitrogen functional groups attached to an aromatic ring is 1. The van der Waals surface area contributed by atoms with Gasteiger partial charge in [-0.1, -0.05) is 43.2 Å². The van der Waals surface area contributed by atoms with Crippen LogP contribution in [0.1, 0.15) is 49.9 Å². The standard InChI is InChI=1S/C17H23N3/c1-3-4-11-20-16(18)15(19-17(20)14-9-10-14)13-7-5-12(2)6-8-13/h5-8,14H,3-4,9-11,18H2,1-2H3. The molecule has 3 rings (SSSR count). The quantitative estimate of drug-likeness (QED) is 0.887. The van der Waals surface area contributed by atoms with Crippen LogP contribution in [0.4, 0.5) is 5.82 Å². The molecule has 0 spiro atoms. The molecule has 2 N–H and O–H groups in total. The Kier molecular flexibility index (Phi) is 3.51. The minimum atomic E-state index is 0.633. The lowest BCUT2D eigenvalue weighted by Gasteiger charge is -2.08. The average molecular weight is 269 g/mol. The van der Waals surface area contributed by atoms with Crippen LogP contribution in [0.3, 0.4) is 0 Å². The van der Waals surface area contributed by atoms with Gasteiger partial charge in [0.2, 0.25) is 0 Å². The normalized spacial score (nSPS) is 14.7. The van der Waals surface area contributed by atoms with Crippen LogP contribution in [0.2, 0.25) is 0 Å². The highest BCUT2D eigenvalue weighted by molar-refractivity contribution is 5.71. The fraction of sp³-hybridized carbons (Fsp3) is 0.471. The molecule has 2 aromatic rings. The van der Waals surface area contributed by atoms with Crippen LogP contribution in [-0.4, -0.2) is 9.55 Å². The molecule has 0 amide bonds. The number of benzene rings is 1. The molecule has 0 aliphatic heterocycles. The lowest BCUT2D eigenvalue weighted by molar-refractivity contribution is 0.609. The third-order valence-corrected chi connectivity index (χ3v) is 4.04. The number of hydrogen-bond acceptors (Lipinski definition) is 2. The van der Waals surface area contributed by atoms with Crippen LogP contribution in [0.15, 0.2) is 24.3 Å². The molecule has 0 atom stereocenters. The van der Waals surface area contributed by atoms with Gasteiger partial charge in [-0.15, -0.1) is 0 Å². The van der Waals surface area contributed by atoms with Crippen molar-refractivity contribution < 1.29 is 0 Å². The van der Waals surface area contributed by atoms with Gasteiger partial charge in [-0.2, -0.15) is 0 Å². The molecule has 0 bridgehead atoms. The molecule has 1 aromatic heterocycles. The average Bonchev–Trinajstić information content (AvgIpc) is 3.23. The Hall–Kier alpha value is -1.77. The summed E-state index contributed by atoms with van der Waals surface area (Å²) in [6, 6.07) is 8.48. The fourth-order valence-electron chi connectivity index (χ4n) is 2.61. The van der Waals surface area contributed by atoms with E-state index < -0.39 is 0 Å². The summed E-state index contributed by atoms with van der Waals surface area (Å²) in [7, 11) is 0. The summed E-state index contributed by atoms with van der Waals surface area (Å²) in [6.45, 7) is 5.31. The number of rotatable bonds is 5. The van der Waals surface area contributed by atoms with E-state index in [0.717, 1.165) is 30.0 Å². The molecule has 1 aromatic carbocycles. The molecular weight excluding hydrogens is 246 g/mol. The maximum absolute atomic E-state index is 6.38. The van der Waals surface area contributed by atoms with Crippen molar-refractivity contribution in [2.75, 3.05) is 5.73 Å². The Morgan fingerprint density at radius 1 is 1.25 bits per heavy atom. The number of aryl methyl sites for hydroxylation is 1. The third-order valence-electron chi connectivity index (χ3n) is 4.04. The summed E-state index contributed by atoms with van der Waals surface area (Å²) in [5, 5.41) is 0. The van der Waals surface area contributed by atoms with Crippen LogP contribution in [0.25, 0.3) is 11.3 Å². The zero-order valence-electron chi connectivity index (χ0n) is 12.4. The van der Waals surface area contributed by atoms with Crippen molar-refractivity contribution in [2.24, 2.45) is 0 Å². The first-order valence-corrected chi connectivity index (χ1v) is 7.63. The molecule has 3 nitrogen and oxygen atoms in total. The maximum Gasteiger partial charge on any atom is 0.131 e. The summed E-state index contributed by atoms with van der Waals surface area (Å²) in [5.74, 6) is 2.67. The monoisotopic (exact) mass is 269 g/mol. The summed E-state index contributed by atoms with van der Waals surface area (Å²) in [6.07, 6.45) is 4.86. The van der Waals surface area contributed by atoms with Gasteiger partial charge in [0, 0.05) is 18.0 Å². The minimum Gasteiger partial charge on any atom is -0.383 e. The van der Waals surface area contributed by atoms with Crippen molar-refractivity contribution in [1.29, 1.82) is 0 Å². The second-order valence-corrected chi connectivity index (χ2v) is 5.85. The van der Waals surface area contributed by atoms with Gasteiger partial charge in [-0.25, -0.2) is 4.98 Å². The molecule has 1 heterocycles. The Balaban J connectivity index is 2.00. The molecule has 0 radical (unpaired) electrons. The largest absolute Gasteiger partial charge is 0.383 e. The van der Waals surface area contributed by atoms with Crippen molar-refractivity contribution >= 4 is 5.82 Å². The fourth-order valence-corrected chi connectivity index (χ4v) is 2.61. The smallest absolute Gasteiger partial charge is 0.131 e. The second-order valence-electron chi connectivity index (χ2n) is 5.85. The van der Waals surface area contributed by atoms with Crippen molar-refractivity contribution in [3.63, 3.8) is 0 Å². The Morgan fingerprint density at radius 3 is 2.55 bits per heavy atom. The number of anilines is 1. The summed E-state index contributed by atoms with van der Waals surface area (Å²) in [5.41, 5.74) is 9.74. The number of unbranched alkanes of at least 4 members (excludes halogenated alkanes) is 1. The van der Waals surface area contributed by atoms with Crippen LogP contribution in [0, 0.1) is 6.92 Å². The molecule has 0 unspecified atom stereocenters. The van der Waals surface area contributed by atoms with Crippen molar-refractivity contribution in [3.05, 3.63) is 35.7 Å². The van der Waals surface area contributed by atoms with Crippen LogP contribution < -0.4 is 5.73 Å². The second kappa shape index (κ2) is 5.31. The SMILES string of the molecule is CCCCn1c(C2CC2)nc(-c2ccc(C)cc2)c1N. The maximum atomic E-state index is 6.38. The number of imidazole rings is 1. The summed E-state index contributed by atoms with van der Waals surface area (Å²) >= 11 is 0. The molecule has 1 saturated carbocycles.